The van der Waals surface area contributed by atoms with E-state index in [0.29, 0.717) is 19.4 Å². The van der Waals surface area contributed by atoms with Gasteiger partial charge in [0.15, 0.2) is 0 Å². The number of carboxylic acids is 2. The zero-order chi connectivity index (χ0) is 26.1. The number of hydrogen-bond acceptors (Lipinski definition) is 6. The average molecular weight is 812 g/mol. The van der Waals surface area contributed by atoms with E-state index in [1.54, 1.807) is 0 Å². The molecule has 0 rings (SSSR count). The van der Waals surface area contributed by atoms with Crippen molar-refractivity contribution in [3.8, 4) is 0 Å². The number of thiol groups is 1. The Bertz CT molecular complexity index is 439. The molecule has 0 heterocycles. The number of hydrogen-bond donors (Lipinski definition) is 5. The molecule has 0 saturated carbocycles. The molecule has 0 aromatic carbocycles. The maximum Gasteiger partial charge on any atom is 0.303 e. The van der Waals surface area contributed by atoms with Gasteiger partial charge in [-0.25, -0.2) is 0 Å². The third kappa shape index (κ3) is 59.8. The van der Waals surface area contributed by atoms with E-state index in [1.165, 1.54) is 70.0 Å². The summed E-state index contributed by atoms with van der Waals surface area (Å²) in [6, 6.07) is 0. The number of allylic oxidation sites excluding steroid dienone is 1. The fraction of sp³-hybridized carbons (Fsp3) is 0.846. The zero-order valence-corrected chi connectivity index (χ0v) is 29.8. The molecule has 6 N–H and O–H groups in total. The smallest absolute Gasteiger partial charge is 0.303 e. The molecule has 0 aromatic heterocycles. The van der Waals surface area contributed by atoms with Gasteiger partial charge in [0, 0.05) is 87.1 Å². The van der Waals surface area contributed by atoms with Gasteiger partial charge in [0.2, 0.25) is 0 Å². The van der Waals surface area contributed by atoms with Crippen molar-refractivity contribution in [1.29, 1.82) is 0 Å². The van der Waals surface area contributed by atoms with Gasteiger partial charge in [-0.15, -0.1) is 6.58 Å². The van der Waals surface area contributed by atoms with Crippen LogP contribution in [0, 0.1) is 31.1 Å². The van der Waals surface area contributed by atoms with Crippen LogP contribution in [-0.2, 0) is 28.1 Å². The second-order valence-electron chi connectivity index (χ2n) is 8.23. The van der Waals surface area contributed by atoms with E-state index in [2.05, 4.69) is 19.2 Å². The van der Waals surface area contributed by atoms with Crippen molar-refractivity contribution in [3.63, 3.8) is 0 Å². The molecule has 10 heteroatoms. The van der Waals surface area contributed by atoms with Crippen LogP contribution < -0.4 is 11.5 Å². The van der Waals surface area contributed by atoms with Crippen molar-refractivity contribution < 1.29 is 69.5 Å². The Morgan fingerprint density at radius 3 is 1.39 bits per heavy atom. The van der Waals surface area contributed by atoms with Gasteiger partial charge in [-0.05, 0) is 37.9 Å². The van der Waals surface area contributed by atoms with Crippen LogP contribution in [0.3, 0.4) is 0 Å². The van der Waals surface area contributed by atoms with Gasteiger partial charge in [0.1, 0.15) is 0 Å². The van der Waals surface area contributed by atoms with Gasteiger partial charge >= 0.3 is 11.9 Å². The summed E-state index contributed by atoms with van der Waals surface area (Å²) in [7, 11) is 0. The van der Waals surface area contributed by atoms with Crippen LogP contribution in [-0.4, -0.2) is 52.5 Å². The summed E-state index contributed by atoms with van der Waals surface area (Å²) in [5.41, 5.74) is 10.4. The summed E-state index contributed by atoms with van der Waals surface area (Å²) in [5.74, 6) is 1.78. The molecule has 0 aromatic rings. The van der Waals surface area contributed by atoms with Gasteiger partial charge in [0.25, 0.3) is 0 Å². The first-order chi connectivity index (χ1) is 16.5. The number of aliphatic carboxylic acids is 2. The monoisotopic (exact) mass is 811 g/mol. The van der Waals surface area contributed by atoms with Crippen LogP contribution >= 0.6 is 24.4 Å². The third-order valence-corrected chi connectivity index (χ3v) is 6.23. The molecule has 0 aliphatic heterocycles. The number of rotatable bonds is 23. The van der Waals surface area contributed by atoms with E-state index in [4.69, 9.17) is 21.7 Å². The van der Waals surface area contributed by atoms with E-state index in [0.717, 1.165) is 50.2 Å². The first-order valence-corrected chi connectivity index (χ1v) is 14.9. The maximum absolute atomic E-state index is 10.3. The molecule has 0 saturated heterocycles. The van der Waals surface area contributed by atoms with Crippen molar-refractivity contribution in [1.82, 2.24) is 0 Å². The van der Waals surface area contributed by atoms with E-state index in [1.807, 2.05) is 17.8 Å². The van der Waals surface area contributed by atoms with Gasteiger partial charge in [0.05, 0.1) is 0 Å². The van der Waals surface area contributed by atoms with Crippen LogP contribution in [0.1, 0.15) is 109 Å². The Morgan fingerprint density at radius 1 is 0.694 bits per heavy atom. The van der Waals surface area contributed by atoms with Gasteiger partial charge in [-0.2, -0.15) is 24.4 Å². The van der Waals surface area contributed by atoms with Crippen molar-refractivity contribution >= 4 is 36.3 Å². The minimum Gasteiger partial charge on any atom is -0.481 e. The molecular formula is C26H54N2O4S2UV. The first-order valence-electron chi connectivity index (χ1n) is 13.1. The first kappa shape index (κ1) is 46.8. The Hall–Kier alpha value is 0.936. The number of carboxylic acid groups (broad SMARTS) is 2. The van der Waals surface area contributed by atoms with Crippen molar-refractivity contribution in [2.24, 2.45) is 11.5 Å². The number of unbranched alkanes of at least 4 members (excludes halogenated alkanes) is 13. The standard InChI is InChI=1S/C13H27NO2S.C11H20O2.C2H7NS.U.V/c14-10-12-17-11-8-6-4-2-1-3-5-7-9-13(15)16;1-2-3-4-5-6-7-8-9-10-11(12)13;3-1-2-4;;/h1-12,14H2,(H,15,16);2H,1,3-10H2,(H,12,13);4H,1-3H2;;. The Balaban J connectivity index is -0.000000151. The van der Waals surface area contributed by atoms with E-state index >= 15 is 0 Å². The summed E-state index contributed by atoms with van der Waals surface area (Å²) < 4.78 is 0. The summed E-state index contributed by atoms with van der Waals surface area (Å²) in [6.07, 6.45) is 20.1. The van der Waals surface area contributed by atoms with Crippen LogP contribution in [0.4, 0.5) is 0 Å². The van der Waals surface area contributed by atoms with Crippen LogP contribution in [0.15, 0.2) is 12.7 Å². The second kappa shape index (κ2) is 45.8. The molecule has 0 bridgehead atoms. The molecule has 1 radical (unpaired) electrons. The topological polar surface area (TPSA) is 127 Å². The fourth-order valence-corrected chi connectivity index (χ4v) is 3.78. The molecule has 36 heavy (non-hydrogen) atoms. The molecular weight excluding hydrogens is 757 g/mol. The molecule has 0 fully saturated rings. The van der Waals surface area contributed by atoms with E-state index < -0.39 is 11.9 Å². The Morgan fingerprint density at radius 2 is 1.06 bits per heavy atom. The van der Waals surface area contributed by atoms with Crippen molar-refractivity contribution in [2.45, 2.75) is 109 Å². The third-order valence-electron chi connectivity index (χ3n) is 4.87. The molecule has 6 nitrogen and oxygen atoms in total. The number of carbonyl (C=O) groups is 2. The molecule has 0 spiro atoms. The predicted octanol–water partition coefficient (Wildman–Crippen LogP) is 6.52. The number of nitrogens with two attached hydrogens (primary N) is 2. The summed E-state index contributed by atoms with van der Waals surface area (Å²) in [4.78, 5) is 20.4. The van der Waals surface area contributed by atoms with Crippen molar-refractivity contribution in [3.05, 3.63) is 12.7 Å². The zero-order valence-electron chi connectivity index (χ0n) is 22.5. The quantitative estimate of drug-likeness (QED) is 0.0452. The molecule has 0 aliphatic rings. The fourth-order valence-electron chi connectivity index (χ4n) is 3.00. The van der Waals surface area contributed by atoms with Crippen LogP contribution in [0.2, 0.25) is 0 Å². The Kier molecular flexibility index (Phi) is 59.5. The van der Waals surface area contributed by atoms with E-state index in [-0.39, 0.29) is 49.7 Å². The summed E-state index contributed by atoms with van der Waals surface area (Å²) in [6.45, 7) is 5.14. The van der Waals surface area contributed by atoms with Gasteiger partial charge in [-0.1, -0.05) is 70.3 Å². The summed E-state index contributed by atoms with van der Waals surface area (Å²) >= 11 is 5.75. The van der Waals surface area contributed by atoms with Crippen LogP contribution in [0.25, 0.3) is 0 Å². The maximum atomic E-state index is 10.3. The normalized spacial score (nSPS) is 9.42. The molecule has 0 unspecified atom stereocenters. The predicted molar refractivity (Wildman–Crippen MR) is 153 cm³/mol. The number of thioether (sulfide) groups is 1. The SMILES string of the molecule is C=CCCCCCCCCC(=O)O.NCCS.NCCSCCCCCCCCCCC(=O)O.[U].[V]. The molecule has 0 amide bonds. The largest absolute Gasteiger partial charge is 0.481 e. The Labute approximate surface area is 267 Å². The molecule has 0 aliphatic carbocycles. The summed E-state index contributed by atoms with van der Waals surface area (Å²) in [5, 5.41) is 16.8. The molecule has 213 valence electrons. The van der Waals surface area contributed by atoms with Gasteiger partial charge in [-0.3, -0.25) is 9.59 Å². The molecule has 0 atom stereocenters. The minimum atomic E-state index is -0.674. The van der Waals surface area contributed by atoms with Crippen LogP contribution in [0.5, 0.6) is 0 Å². The van der Waals surface area contributed by atoms with Crippen molar-refractivity contribution in [2.75, 3.05) is 30.3 Å². The average Bonchev–Trinajstić information content (AvgIpc) is 2.81. The van der Waals surface area contributed by atoms with E-state index in [9.17, 15) is 9.59 Å². The minimum absolute atomic E-state index is 0. The second-order valence-corrected chi connectivity index (χ2v) is 9.90. The van der Waals surface area contributed by atoms with Gasteiger partial charge < -0.3 is 21.7 Å².